The highest BCUT2D eigenvalue weighted by atomic mass is 32.1. The van der Waals surface area contributed by atoms with Crippen molar-refractivity contribution in [3.05, 3.63) is 65.6 Å². The first-order valence-corrected chi connectivity index (χ1v) is 8.50. The number of hydrogen-bond donors (Lipinski definition) is 1. The molecule has 0 unspecified atom stereocenters. The molecule has 0 aliphatic rings. The maximum atomic E-state index is 5.46. The fraction of sp³-hybridized carbons (Fsp3) is 0.278. The summed E-state index contributed by atoms with van der Waals surface area (Å²) in [7, 11) is 3.84. The van der Waals surface area contributed by atoms with Crippen LogP contribution in [0, 0.1) is 6.92 Å². The van der Waals surface area contributed by atoms with E-state index in [1.165, 1.54) is 11.1 Å². The quantitative estimate of drug-likeness (QED) is 0.714. The molecule has 0 amide bonds. The summed E-state index contributed by atoms with van der Waals surface area (Å²) in [6.45, 7) is 3.50. The van der Waals surface area contributed by atoms with Crippen molar-refractivity contribution in [2.75, 3.05) is 12.4 Å². The third-order valence-electron chi connectivity index (χ3n) is 3.98. The second kappa shape index (κ2) is 7.48. The molecule has 0 aliphatic carbocycles. The summed E-state index contributed by atoms with van der Waals surface area (Å²) in [6, 6.07) is 12.2. The van der Waals surface area contributed by atoms with E-state index >= 15 is 0 Å². The number of thiocarbonyl (C=S) groups is 1. The first-order valence-electron chi connectivity index (χ1n) is 8.10. The van der Waals surface area contributed by atoms with Crippen LogP contribution >= 0.6 is 12.2 Å². The summed E-state index contributed by atoms with van der Waals surface area (Å²) in [5, 5.41) is 12.7. The van der Waals surface area contributed by atoms with Crippen LogP contribution in [0.5, 0.6) is 0 Å². The Hall–Kier alpha value is -2.67. The Morgan fingerprint density at radius 3 is 2.68 bits per heavy atom. The van der Waals surface area contributed by atoms with Gasteiger partial charge in [0, 0.05) is 32.6 Å². The van der Waals surface area contributed by atoms with Crippen LogP contribution in [0.2, 0.25) is 0 Å². The normalized spacial score (nSPS) is 10.7. The maximum Gasteiger partial charge on any atom is 0.174 e. The highest BCUT2D eigenvalue weighted by molar-refractivity contribution is 7.80. The highest BCUT2D eigenvalue weighted by Crippen LogP contribution is 2.11. The average molecular weight is 354 g/mol. The number of benzene rings is 1. The Kier molecular flexibility index (Phi) is 5.14. The molecular formula is C18H22N6S. The Labute approximate surface area is 153 Å². The van der Waals surface area contributed by atoms with E-state index < -0.39 is 0 Å². The predicted molar refractivity (Wildman–Crippen MR) is 103 cm³/mol. The van der Waals surface area contributed by atoms with Gasteiger partial charge in [-0.25, -0.2) is 0 Å². The molecule has 130 valence electrons. The second-order valence-electron chi connectivity index (χ2n) is 6.09. The molecule has 2 heterocycles. The molecule has 2 aromatic heterocycles. The first-order chi connectivity index (χ1) is 12.0. The molecule has 1 aromatic carbocycles. The van der Waals surface area contributed by atoms with E-state index in [9.17, 15) is 0 Å². The number of nitrogens with one attached hydrogen (secondary N) is 1. The van der Waals surface area contributed by atoms with E-state index in [0.717, 1.165) is 18.1 Å². The van der Waals surface area contributed by atoms with Gasteiger partial charge >= 0.3 is 0 Å². The van der Waals surface area contributed by atoms with Crippen molar-refractivity contribution in [2.45, 2.75) is 20.0 Å². The van der Waals surface area contributed by atoms with Crippen molar-refractivity contribution in [1.29, 1.82) is 0 Å². The molecule has 0 fully saturated rings. The number of aryl methyl sites for hydroxylation is 2. The number of aromatic nitrogens is 4. The molecule has 0 saturated carbocycles. The van der Waals surface area contributed by atoms with Crippen LogP contribution in [0.3, 0.4) is 0 Å². The number of hydrogen-bond acceptors (Lipinski definition) is 3. The largest absolute Gasteiger partial charge is 0.346 e. The Bertz CT molecular complexity index is 866. The van der Waals surface area contributed by atoms with Crippen LogP contribution in [0.4, 0.5) is 5.82 Å². The van der Waals surface area contributed by atoms with Crippen molar-refractivity contribution < 1.29 is 0 Å². The van der Waals surface area contributed by atoms with E-state index in [0.29, 0.717) is 11.7 Å². The molecule has 0 saturated heterocycles. The minimum Gasteiger partial charge on any atom is -0.346 e. The second-order valence-corrected chi connectivity index (χ2v) is 6.48. The Morgan fingerprint density at radius 2 is 1.96 bits per heavy atom. The minimum atomic E-state index is 0.617. The van der Waals surface area contributed by atoms with Gasteiger partial charge in [0.15, 0.2) is 10.9 Å². The lowest BCUT2D eigenvalue weighted by atomic mass is 10.1. The zero-order valence-electron chi connectivity index (χ0n) is 14.7. The summed E-state index contributed by atoms with van der Waals surface area (Å²) in [6.07, 6.45) is 3.88. The molecule has 0 atom stereocenters. The van der Waals surface area contributed by atoms with Gasteiger partial charge in [-0.05, 0) is 36.3 Å². The van der Waals surface area contributed by atoms with E-state index in [2.05, 4.69) is 34.6 Å². The van der Waals surface area contributed by atoms with Gasteiger partial charge in [-0.1, -0.05) is 24.3 Å². The van der Waals surface area contributed by atoms with Gasteiger partial charge in [0.25, 0.3) is 0 Å². The van der Waals surface area contributed by atoms with Crippen LogP contribution in [-0.4, -0.2) is 36.6 Å². The highest BCUT2D eigenvalue weighted by Gasteiger charge is 2.09. The fourth-order valence-electron chi connectivity index (χ4n) is 2.55. The first kappa shape index (κ1) is 17.2. The van der Waals surface area contributed by atoms with E-state index in [1.807, 2.05) is 60.3 Å². The van der Waals surface area contributed by atoms with Gasteiger partial charge in [-0.15, -0.1) is 0 Å². The van der Waals surface area contributed by atoms with Crippen molar-refractivity contribution in [3.63, 3.8) is 0 Å². The van der Waals surface area contributed by atoms with Gasteiger partial charge in [-0.3, -0.25) is 9.36 Å². The van der Waals surface area contributed by atoms with E-state index in [1.54, 1.807) is 4.68 Å². The van der Waals surface area contributed by atoms with E-state index in [4.69, 9.17) is 12.2 Å². The summed E-state index contributed by atoms with van der Waals surface area (Å²) in [4.78, 5) is 1.94. The van der Waals surface area contributed by atoms with Crippen LogP contribution in [0.1, 0.15) is 16.8 Å². The number of nitrogens with zero attached hydrogens (tertiary/aromatic N) is 5. The molecule has 0 radical (unpaired) electrons. The fourth-order valence-corrected chi connectivity index (χ4v) is 2.71. The average Bonchev–Trinajstić information content (AvgIpc) is 3.18. The van der Waals surface area contributed by atoms with Gasteiger partial charge in [0.1, 0.15) is 0 Å². The van der Waals surface area contributed by atoms with E-state index in [-0.39, 0.29) is 0 Å². The predicted octanol–water partition coefficient (Wildman–Crippen LogP) is 2.80. The third-order valence-corrected chi connectivity index (χ3v) is 4.40. The molecule has 3 aromatic rings. The standard InChI is InChI=1S/C18H22N6S/c1-14-6-4-5-7-15(14)12-24-11-9-17(21-24)19-18(25)22(2)13-16-8-10-23(3)20-16/h4-11H,12-13H2,1-3H3,(H,19,21,25). The maximum absolute atomic E-state index is 5.46. The monoisotopic (exact) mass is 354 g/mol. The molecule has 0 spiro atoms. The zero-order valence-corrected chi connectivity index (χ0v) is 15.5. The van der Waals surface area contributed by atoms with Crippen molar-refractivity contribution in [2.24, 2.45) is 7.05 Å². The van der Waals surface area contributed by atoms with Crippen LogP contribution in [-0.2, 0) is 20.1 Å². The Balaban J connectivity index is 1.59. The molecular weight excluding hydrogens is 332 g/mol. The summed E-state index contributed by atoms with van der Waals surface area (Å²) in [5.41, 5.74) is 3.49. The topological polar surface area (TPSA) is 50.9 Å². The minimum absolute atomic E-state index is 0.617. The molecule has 1 N–H and O–H groups in total. The van der Waals surface area contributed by atoms with Crippen molar-refractivity contribution in [1.82, 2.24) is 24.5 Å². The molecule has 7 heteroatoms. The van der Waals surface area contributed by atoms with Crippen molar-refractivity contribution in [3.8, 4) is 0 Å². The van der Waals surface area contributed by atoms with Gasteiger partial charge in [-0.2, -0.15) is 10.2 Å². The summed E-state index contributed by atoms with van der Waals surface area (Å²) >= 11 is 5.46. The lowest BCUT2D eigenvalue weighted by Gasteiger charge is -2.18. The van der Waals surface area contributed by atoms with Crippen LogP contribution in [0.25, 0.3) is 0 Å². The van der Waals surface area contributed by atoms with Crippen LogP contribution < -0.4 is 5.32 Å². The SMILES string of the molecule is Cc1ccccc1Cn1ccc(NC(=S)N(C)Cc2ccn(C)n2)n1. The molecule has 6 nitrogen and oxygen atoms in total. The van der Waals surface area contributed by atoms with Crippen molar-refractivity contribution >= 4 is 23.1 Å². The van der Waals surface area contributed by atoms with Gasteiger partial charge in [0.2, 0.25) is 0 Å². The molecule has 0 aliphatic heterocycles. The van der Waals surface area contributed by atoms with Crippen LogP contribution in [0.15, 0.2) is 48.8 Å². The third kappa shape index (κ3) is 4.45. The smallest absolute Gasteiger partial charge is 0.174 e. The summed E-state index contributed by atoms with van der Waals surface area (Å²) < 4.78 is 3.69. The number of rotatable bonds is 5. The molecule has 0 bridgehead atoms. The van der Waals surface area contributed by atoms with Gasteiger partial charge in [0.05, 0.1) is 18.8 Å². The lowest BCUT2D eigenvalue weighted by Crippen LogP contribution is -2.31. The molecule has 25 heavy (non-hydrogen) atoms. The Morgan fingerprint density at radius 1 is 1.16 bits per heavy atom. The zero-order chi connectivity index (χ0) is 17.8. The number of anilines is 1. The van der Waals surface area contributed by atoms with Gasteiger partial charge < -0.3 is 10.2 Å². The molecule has 3 rings (SSSR count). The summed E-state index contributed by atoms with van der Waals surface area (Å²) in [5.74, 6) is 0.742. The lowest BCUT2D eigenvalue weighted by molar-refractivity contribution is 0.495.